The van der Waals surface area contributed by atoms with E-state index in [1.807, 2.05) is 11.3 Å². The van der Waals surface area contributed by atoms with Crippen LogP contribution in [0.2, 0.25) is 0 Å². The Hall–Kier alpha value is -5.38. The SMILES string of the molecule is C1=Cc2c(sc3ccc(N(c4ccccc4)c4ccc(-c5ccc6c7ccccc7c7ccccc7c6c5)cc4)cc23)NC1. The third-order valence-electron chi connectivity index (χ3n) is 8.85. The summed E-state index contributed by atoms with van der Waals surface area (Å²) in [4.78, 5) is 2.35. The summed E-state index contributed by atoms with van der Waals surface area (Å²) in [6, 6.07) is 51.0. The molecule has 2 nitrogen and oxygen atoms in total. The number of hydrogen-bond donors (Lipinski definition) is 1. The zero-order valence-corrected chi connectivity index (χ0v) is 24.8. The maximum absolute atomic E-state index is 3.53. The van der Waals surface area contributed by atoms with Crippen LogP contribution >= 0.6 is 11.3 Å². The van der Waals surface area contributed by atoms with Crippen molar-refractivity contribution in [2.75, 3.05) is 16.8 Å². The first kappa shape index (κ1) is 25.1. The van der Waals surface area contributed by atoms with Crippen LogP contribution in [0.5, 0.6) is 0 Å². The van der Waals surface area contributed by atoms with E-state index in [4.69, 9.17) is 0 Å². The van der Waals surface area contributed by atoms with Gasteiger partial charge in [-0.25, -0.2) is 0 Å². The highest BCUT2D eigenvalue weighted by Gasteiger charge is 2.17. The normalized spacial score (nSPS) is 12.5. The minimum atomic E-state index is 0.888. The van der Waals surface area contributed by atoms with Gasteiger partial charge in [-0.2, -0.15) is 0 Å². The Labute approximate surface area is 260 Å². The molecular weight excluding hydrogens is 553 g/mol. The molecule has 1 aliphatic heterocycles. The van der Waals surface area contributed by atoms with Crippen molar-refractivity contribution in [2.45, 2.75) is 0 Å². The van der Waals surface area contributed by atoms with Gasteiger partial charge >= 0.3 is 0 Å². The molecule has 0 fully saturated rings. The highest BCUT2D eigenvalue weighted by Crippen LogP contribution is 2.43. The van der Waals surface area contributed by atoms with Crippen molar-refractivity contribution in [3.8, 4) is 11.1 Å². The van der Waals surface area contributed by atoms with Crippen molar-refractivity contribution in [2.24, 2.45) is 0 Å². The van der Waals surface area contributed by atoms with Gasteiger partial charge in [0.2, 0.25) is 0 Å². The average molecular weight is 581 g/mol. The summed E-state index contributed by atoms with van der Waals surface area (Å²) >= 11 is 1.83. The maximum Gasteiger partial charge on any atom is 0.0971 e. The van der Waals surface area contributed by atoms with Crippen LogP contribution in [-0.4, -0.2) is 6.54 Å². The van der Waals surface area contributed by atoms with Crippen molar-refractivity contribution in [1.29, 1.82) is 0 Å². The second kappa shape index (κ2) is 10.1. The van der Waals surface area contributed by atoms with Gasteiger partial charge in [0.25, 0.3) is 0 Å². The van der Waals surface area contributed by atoms with Crippen LogP contribution in [0.1, 0.15) is 5.56 Å². The molecule has 1 aliphatic rings. The molecule has 1 N–H and O–H groups in total. The van der Waals surface area contributed by atoms with Gasteiger partial charge in [-0.15, -0.1) is 11.3 Å². The number of nitrogens with zero attached hydrogens (tertiary/aromatic N) is 1. The molecule has 44 heavy (non-hydrogen) atoms. The van der Waals surface area contributed by atoms with Gasteiger partial charge in [0.05, 0.1) is 5.00 Å². The van der Waals surface area contributed by atoms with Gasteiger partial charge in [0, 0.05) is 39.3 Å². The lowest BCUT2D eigenvalue weighted by Crippen LogP contribution is -2.09. The lowest BCUT2D eigenvalue weighted by Gasteiger charge is -2.26. The van der Waals surface area contributed by atoms with E-state index in [2.05, 4.69) is 162 Å². The van der Waals surface area contributed by atoms with Crippen LogP contribution in [0.15, 0.2) is 146 Å². The van der Waals surface area contributed by atoms with Crippen LogP contribution in [0.4, 0.5) is 22.1 Å². The van der Waals surface area contributed by atoms with E-state index >= 15 is 0 Å². The fourth-order valence-corrected chi connectivity index (χ4v) is 7.86. The third kappa shape index (κ3) is 4.01. The van der Waals surface area contributed by atoms with Crippen molar-refractivity contribution in [3.05, 3.63) is 151 Å². The Morgan fingerprint density at radius 2 is 1.07 bits per heavy atom. The summed E-state index contributed by atoms with van der Waals surface area (Å²) < 4.78 is 1.30. The van der Waals surface area contributed by atoms with E-state index in [1.54, 1.807) is 0 Å². The highest BCUT2D eigenvalue weighted by atomic mass is 32.1. The van der Waals surface area contributed by atoms with E-state index in [-0.39, 0.29) is 0 Å². The second-order valence-corrected chi connectivity index (χ2v) is 12.4. The zero-order valence-electron chi connectivity index (χ0n) is 24.0. The fraction of sp³-hybridized carbons (Fsp3) is 0.0244. The van der Waals surface area contributed by atoms with Gasteiger partial charge in [-0.05, 0) is 92.0 Å². The molecule has 0 saturated carbocycles. The average Bonchev–Trinajstić information content (AvgIpc) is 3.47. The number of benzene rings is 7. The molecular formula is C41H28N2S. The van der Waals surface area contributed by atoms with Crippen LogP contribution in [-0.2, 0) is 0 Å². The molecule has 9 rings (SSSR count). The second-order valence-electron chi connectivity index (χ2n) is 11.4. The predicted molar refractivity (Wildman–Crippen MR) is 192 cm³/mol. The minimum absolute atomic E-state index is 0.888. The van der Waals surface area contributed by atoms with E-state index in [1.165, 1.54) is 64.1 Å². The van der Waals surface area contributed by atoms with Crippen LogP contribution < -0.4 is 10.2 Å². The van der Waals surface area contributed by atoms with Crippen LogP contribution in [0.3, 0.4) is 0 Å². The van der Waals surface area contributed by atoms with Gasteiger partial charge < -0.3 is 10.2 Å². The number of fused-ring (bicyclic) bond motifs is 9. The number of anilines is 4. The molecule has 7 aromatic carbocycles. The largest absolute Gasteiger partial charge is 0.373 e. The first-order chi connectivity index (χ1) is 21.8. The Morgan fingerprint density at radius 1 is 0.477 bits per heavy atom. The summed E-state index contributed by atoms with van der Waals surface area (Å²) in [5, 5.41) is 13.9. The molecule has 8 aromatic rings. The molecule has 0 radical (unpaired) electrons. The smallest absolute Gasteiger partial charge is 0.0971 e. The van der Waals surface area contributed by atoms with Crippen LogP contribution in [0, 0.1) is 0 Å². The number of nitrogens with one attached hydrogen (secondary N) is 1. The molecule has 2 heterocycles. The van der Waals surface area contributed by atoms with E-state index in [9.17, 15) is 0 Å². The van der Waals surface area contributed by atoms with Crippen molar-refractivity contribution < 1.29 is 0 Å². The lowest BCUT2D eigenvalue weighted by atomic mass is 9.92. The molecule has 0 unspecified atom stereocenters. The van der Waals surface area contributed by atoms with Gasteiger partial charge in [-0.1, -0.05) is 103 Å². The van der Waals surface area contributed by atoms with E-state index in [0.29, 0.717) is 0 Å². The topological polar surface area (TPSA) is 15.3 Å². The monoisotopic (exact) mass is 580 g/mol. The summed E-state index contributed by atoms with van der Waals surface area (Å²) in [7, 11) is 0. The number of para-hydroxylation sites is 1. The molecule has 1 aromatic heterocycles. The van der Waals surface area contributed by atoms with Gasteiger partial charge in [0.15, 0.2) is 0 Å². The predicted octanol–water partition coefficient (Wildman–Crippen LogP) is 11.9. The van der Waals surface area contributed by atoms with Crippen molar-refractivity contribution in [3.63, 3.8) is 0 Å². The highest BCUT2D eigenvalue weighted by molar-refractivity contribution is 7.23. The summed E-state index contributed by atoms with van der Waals surface area (Å²) in [6.45, 7) is 0.888. The molecule has 0 bridgehead atoms. The van der Waals surface area contributed by atoms with E-state index in [0.717, 1.165) is 23.6 Å². The Kier molecular flexibility index (Phi) is 5.78. The summed E-state index contributed by atoms with van der Waals surface area (Å²) in [5.41, 5.74) is 7.15. The zero-order chi connectivity index (χ0) is 29.0. The Bertz CT molecular complexity index is 2350. The third-order valence-corrected chi connectivity index (χ3v) is 9.99. The minimum Gasteiger partial charge on any atom is -0.373 e. The molecule has 3 heteroatoms. The molecule has 0 amide bonds. The Balaban J connectivity index is 1.16. The molecule has 0 saturated heterocycles. The maximum atomic E-state index is 3.53. The molecule has 0 atom stereocenters. The Morgan fingerprint density at radius 3 is 1.80 bits per heavy atom. The standard InChI is InChI=1S/C41H28N2S/c1-2-9-29(10-3-1)43(31-21-23-40-39(26-31)37-15-8-24-42-41(37)44-40)30-19-16-27(17-20-30)28-18-22-36-34-13-5-4-11-32(34)33-12-6-7-14-35(33)38(36)25-28/h1-23,25-26,42H,24H2. The lowest BCUT2D eigenvalue weighted by molar-refractivity contribution is 1.29. The fourth-order valence-electron chi connectivity index (χ4n) is 6.78. The van der Waals surface area contributed by atoms with Crippen molar-refractivity contribution >= 4 is 81.9 Å². The van der Waals surface area contributed by atoms with Crippen molar-refractivity contribution in [1.82, 2.24) is 0 Å². The molecule has 0 spiro atoms. The molecule has 0 aliphatic carbocycles. The molecule has 208 valence electrons. The quantitative estimate of drug-likeness (QED) is 0.208. The number of rotatable bonds is 4. The summed E-state index contributed by atoms with van der Waals surface area (Å²) in [5.74, 6) is 0. The number of hydrogen-bond acceptors (Lipinski definition) is 3. The number of thiophene rings is 1. The first-order valence-electron chi connectivity index (χ1n) is 15.1. The van der Waals surface area contributed by atoms with Gasteiger partial charge in [-0.3, -0.25) is 0 Å². The van der Waals surface area contributed by atoms with Crippen LogP contribution in [0.25, 0.3) is 59.6 Å². The summed E-state index contributed by atoms with van der Waals surface area (Å²) in [6.07, 6.45) is 4.46. The van der Waals surface area contributed by atoms with Gasteiger partial charge in [0.1, 0.15) is 0 Å². The van der Waals surface area contributed by atoms with E-state index < -0.39 is 0 Å². The first-order valence-corrected chi connectivity index (χ1v) is 15.9.